The molecule has 3 heteroatoms. The van der Waals surface area contributed by atoms with Crippen LogP contribution in [-0.2, 0) is 4.79 Å². The van der Waals surface area contributed by atoms with Gasteiger partial charge < -0.3 is 10.2 Å². The lowest BCUT2D eigenvalue weighted by atomic mass is 9.78. The van der Waals surface area contributed by atoms with Gasteiger partial charge in [0.05, 0.1) is 12.6 Å². The van der Waals surface area contributed by atoms with Gasteiger partial charge in [-0.25, -0.2) is 0 Å². The molecule has 0 radical (unpaired) electrons. The van der Waals surface area contributed by atoms with E-state index in [0.29, 0.717) is 6.54 Å². The molecule has 1 amide bonds. The summed E-state index contributed by atoms with van der Waals surface area (Å²) in [5.74, 6) is 1.05. The Labute approximate surface area is 140 Å². The molecule has 1 unspecified atom stereocenters. The van der Waals surface area contributed by atoms with E-state index in [2.05, 4.69) is 38.2 Å². The minimum atomic E-state index is 0.182. The molecule has 2 fully saturated rings. The maximum atomic E-state index is 12.6. The van der Waals surface area contributed by atoms with Crippen molar-refractivity contribution in [3.63, 3.8) is 0 Å². The van der Waals surface area contributed by atoms with Crippen LogP contribution in [0.15, 0.2) is 12.1 Å². The molecule has 3 rings (SSSR count). The van der Waals surface area contributed by atoms with Crippen LogP contribution < -0.4 is 10.2 Å². The minimum absolute atomic E-state index is 0.182. The highest BCUT2D eigenvalue weighted by atomic mass is 16.2. The summed E-state index contributed by atoms with van der Waals surface area (Å²) in [6, 6.07) is 5.02. The Morgan fingerprint density at radius 1 is 1.09 bits per heavy atom. The van der Waals surface area contributed by atoms with Gasteiger partial charge in [-0.2, -0.15) is 0 Å². The molecule has 1 aromatic carbocycles. The van der Waals surface area contributed by atoms with Crippen molar-refractivity contribution in [1.82, 2.24) is 0 Å². The van der Waals surface area contributed by atoms with Crippen LogP contribution in [0.3, 0.4) is 0 Å². The molecule has 1 aromatic rings. The average molecular weight is 315 g/mol. The lowest BCUT2D eigenvalue weighted by Crippen LogP contribution is -3.18. The number of piperidine rings is 1. The van der Waals surface area contributed by atoms with Crippen LogP contribution in [0.4, 0.5) is 5.69 Å². The first-order chi connectivity index (χ1) is 11.0. The Bertz CT molecular complexity index is 556. The van der Waals surface area contributed by atoms with Crippen LogP contribution in [-0.4, -0.2) is 25.0 Å². The quantitative estimate of drug-likeness (QED) is 0.883. The second kappa shape index (κ2) is 7.04. The maximum absolute atomic E-state index is 12.6. The third-order valence-electron chi connectivity index (χ3n) is 5.84. The molecular weight excluding hydrogens is 284 g/mol. The number of rotatable bonds is 3. The van der Waals surface area contributed by atoms with E-state index in [9.17, 15) is 4.79 Å². The third kappa shape index (κ3) is 3.77. The van der Waals surface area contributed by atoms with Gasteiger partial charge in [-0.3, -0.25) is 4.79 Å². The van der Waals surface area contributed by atoms with Crippen molar-refractivity contribution < 1.29 is 9.69 Å². The van der Waals surface area contributed by atoms with E-state index in [1.165, 1.54) is 66.7 Å². The molecule has 1 saturated heterocycles. The van der Waals surface area contributed by atoms with Gasteiger partial charge in [-0.1, -0.05) is 24.1 Å². The number of nitrogens with one attached hydrogen (secondary N) is 2. The summed E-state index contributed by atoms with van der Waals surface area (Å²) in [5.41, 5.74) is 4.60. The van der Waals surface area contributed by atoms with E-state index in [4.69, 9.17) is 0 Å². The number of likely N-dealkylation sites (tertiary alicyclic amines) is 1. The number of fused-ring (bicyclic) bond motifs is 1. The van der Waals surface area contributed by atoms with Crippen LogP contribution >= 0.6 is 0 Å². The molecule has 1 heterocycles. The summed E-state index contributed by atoms with van der Waals surface area (Å²) >= 11 is 0. The molecule has 3 atom stereocenters. The average Bonchev–Trinajstić information content (AvgIpc) is 2.51. The zero-order chi connectivity index (χ0) is 16.4. The van der Waals surface area contributed by atoms with Gasteiger partial charge in [0.15, 0.2) is 6.54 Å². The van der Waals surface area contributed by atoms with Gasteiger partial charge in [0, 0.05) is 11.6 Å². The Kier molecular flexibility index (Phi) is 5.05. The zero-order valence-corrected chi connectivity index (χ0v) is 14.9. The number of amides is 1. The highest BCUT2D eigenvalue weighted by Crippen LogP contribution is 2.28. The molecule has 0 aromatic heterocycles. The zero-order valence-electron chi connectivity index (χ0n) is 14.9. The van der Waals surface area contributed by atoms with E-state index in [0.717, 1.165) is 17.6 Å². The van der Waals surface area contributed by atoms with E-state index < -0.39 is 0 Å². The van der Waals surface area contributed by atoms with Crippen molar-refractivity contribution >= 4 is 11.6 Å². The van der Waals surface area contributed by atoms with Crippen LogP contribution in [0.5, 0.6) is 0 Å². The highest BCUT2D eigenvalue weighted by Gasteiger charge is 2.37. The predicted molar refractivity (Wildman–Crippen MR) is 95.0 cm³/mol. The maximum Gasteiger partial charge on any atom is 0.279 e. The Morgan fingerprint density at radius 2 is 1.74 bits per heavy atom. The predicted octanol–water partition coefficient (Wildman–Crippen LogP) is 2.79. The third-order valence-corrected chi connectivity index (χ3v) is 5.84. The number of benzene rings is 1. The summed E-state index contributed by atoms with van der Waals surface area (Å²) in [6.45, 7) is 8.07. The van der Waals surface area contributed by atoms with E-state index >= 15 is 0 Å². The van der Waals surface area contributed by atoms with Crippen molar-refractivity contribution in [3.05, 3.63) is 28.8 Å². The molecule has 0 spiro atoms. The summed E-state index contributed by atoms with van der Waals surface area (Å²) < 4.78 is 0. The van der Waals surface area contributed by atoms with Gasteiger partial charge in [0.25, 0.3) is 5.91 Å². The number of aryl methyl sites for hydroxylation is 3. The van der Waals surface area contributed by atoms with E-state index in [-0.39, 0.29) is 5.91 Å². The molecule has 1 aliphatic heterocycles. The fourth-order valence-electron chi connectivity index (χ4n) is 4.85. The largest absolute Gasteiger partial charge is 0.324 e. The lowest BCUT2D eigenvalue weighted by molar-refractivity contribution is -0.928. The number of hydrogen-bond donors (Lipinski definition) is 2. The first-order valence-electron chi connectivity index (χ1n) is 9.27. The Hall–Kier alpha value is -1.35. The molecule has 2 aliphatic rings. The van der Waals surface area contributed by atoms with Crippen molar-refractivity contribution in [2.75, 3.05) is 18.4 Å². The molecule has 126 valence electrons. The first kappa shape index (κ1) is 16.5. The van der Waals surface area contributed by atoms with Gasteiger partial charge in [0.1, 0.15) is 0 Å². The highest BCUT2D eigenvalue weighted by molar-refractivity contribution is 5.93. The van der Waals surface area contributed by atoms with Crippen LogP contribution in [0.25, 0.3) is 0 Å². The van der Waals surface area contributed by atoms with E-state index in [1.54, 1.807) is 0 Å². The second-order valence-corrected chi connectivity index (χ2v) is 7.70. The smallest absolute Gasteiger partial charge is 0.279 e. The number of anilines is 1. The summed E-state index contributed by atoms with van der Waals surface area (Å²) in [7, 11) is 0. The minimum Gasteiger partial charge on any atom is -0.324 e. The topological polar surface area (TPSA) is 33.5 Å². The molecular formula is C20H31N2O+. The normalized spacial score (nSPS) is 27.3. The first-order valence-corrected chi connectivity index (χ1v) is 9.27. The van der Waals surface area contributed by atoms with Gasteiger partial charge in [-0.15, -0.1) is 0 Å². The van der Waals surface area contributed by atoms with Gasteiger partial charge >= 0.3 is 0 Å². The fraction of sp³-hybridized carbons (Fsp3) is 0.650. The SMILES string of the molecule is Cc1cc(C)c(NC(=O)C[NH+]2CCC[C@@H]3CCCC[C@@H]32)c(C)c1. The van der Waals surface area contributed by atoms with Crippen molar-refractivity contribution in [3.8, 4) is 0 Å². The Morgan fingerprint density at radius 3 is 2.48 bits per heavy atom. The van der Waals surface area contributed by atoms with Crippen LogP contribution in [0.1, 0.15) is 55.2 Å². The molecule has 3 nitrogen and oxygen atoms in total. The number of carbonyl (C=O) groups excluding carboxylic acids is 1. The molecule has 0 bridgehead atoms. The molecule has 23 heavy (non-hydrogen) atoms. The van der Waals surface area contributed by atoms with Crippen molar-refractivity contribution in [1.29, 1.82) is 0 Å². The number of carbonyl (C=O) groups is 1. The monoisotopic (exact) mass is 315 g/mol. The molecule has 2 N–H and O–H groups in total. The summed E-state index contributed by atoms with van der Waals surface area (Å²) in [5, 5.41) is 3.19. The summed E-state index contributed by atoms with van der Waals surface area (Å²) in [6.07, 6.45) is 8.10. The van der Waals surface area contributed by atoms with Crippen molar-refractivity contribution in [2.24, 2.45) is 5.92 Å². The summed E-state index contributed by atoms with van der Waals surface area (Å²) in [4.78, 5) is 14.1. The second-order valence-electron chi connectivity index (χ2n) is 7.70. The number of quaternary nitrogens is 1. The molecule has 1 aliphatic carbocycles. The molecule has 1 saturated carbocycles. The number of hydrogen-bond acceptors (Lipinski definition) is 1. The lowest BCUT2D eigenvalue weighted by Gasteiger charge is -2.40. The van der Waals surface area contributed by atoms with Gasteiger partial charge in [0.2, 0.25) is 0 Å². The Balaban J connectivity index is 1.65. The van der Waals surface area contributed by atoms with E-state index in [1.807, 2.05) is 0 Å². The van der Waals surface area contributed by atoms with Crippen LogP contribution in [0.2, 0.25) is 0 Å². The van der Waals surface area contributed by atoms with Gasteiger partial charge in [-0.05, 0) is 64.0 Å². The fourth-order valence-corrected chi connectivity index (χ4v) is 4.85. The standard InChI is InChI=1S/C20H30N2O/c1-14-11-15(2)20(16(3)12-14)21-19(23)13-22-10-6-8-17-7-4-5-9-18(17)22/h11-12,17-18H,4-10,13H2,1-3H3,(H,21,23)/p+1/t17-,18-/m0/s1. The van der Waals surface area contributed by atoms with Crippen LogP contribution in [0, 0.1) is 26.7 Å². The van der Waals surface area contributed by atoms with Crippen molar-refractivity contribution in [2.45, 2.75) is 65.3 Å².